The van der Waals surface area contributed by atoms with Gasteiger partial charge in [0.05, 0.1) is 11.7 Å². The van der Waals surface area contributed by atoms with E-state index in [1.165, 1.54) is 6.07 Å². The first kappa shape index (κ1) is 13.0. The number of carboxylic acids is 1. The minimum Gasteiger partial charge on any atom is -0.490 e. The Kier molecular flexibility index (Phi) is 3.36. The molecule has 0 bridgehead atoms. The summed E-state index contributed by atoms with van der Waals surface area (Å²) in [4.78, 5) is 11.0. The number of rotatable bonds is 4. The first-order chi connectivity index (χ1) is 9.63. The van der Waals surface area contributed by atoms with Crippen molar-refractivity contribution in [3.05, 3.63) is 53.1 Å². The van der Waals surface area contributed by atoms with Gasteiger partial charge in [0.25, 0.3) is 0 Å². The van der Waals surface area contributed by atoms with Crippen molar-refractivity contribution in [3.63, 3.8) is 0 Å². The normalized spacial score (nSPS) is 14.1. The molecule has 3 nitrogen and oxygen atoms in total. The van der Waals surface area contributed by atoms with Gasteiger partial charge in [0.1, 0.15) is 5.75 Å². The fourth-order valence-corrected chi connectivity index (χ4v) is 2.22. The maximum Gasteiger partial charge on any atom is 0.335 e. The number of ether oxygens (including phenoxy) is 1. The standard InChI is InChI=1S/C16H13ClO3/c17-15-7-4-11(16(18)19)9-14(15)10-2-1-3-13(8-10)20-12-5-6-12/h1-4,7-9,12H,5-6H2,(H,18,19). The molecule has 1 saturated carbocycles. The molecule has 0 aliphatic heterocycles. The quantitative estimate of drug-likeness (QED) is 0.915. The van der Waals surface area contributed by atoms with Crippen LogP contribution >= 0.6 is 11.6 Å². The van der Waals surface area contributed by atoms with E-state index in [1.807, 2.05) is 24.3 Å². The molecule has 0 amide bonds. The Bertz CT molecular complexity index is 663. The van der Waals surface area contributed by atoms with E-state index in [4.69, 9.17) is 21.4 Å². The molecule has 2 aromatic rings. The van der Waals surface area contributed by atoms with Crippen molar-refractivity contribution >= 4 is 17.6 Å². The summed E-state index contributed by atoms with van der Waals surface area (Å²) in [5.41, 5.74) is 1.78. The summed E-state index contributed by atoms with van der Waals surface area (Å²) in [7, 11) is 0. The third kappa shape index (κ3) is 2.78. The van der Waals surface area contributed by atoms with Gasteiger partial charge in [-0.25, -0.2) is 4.79 Å². The molecule has 4 heteroatoms. The van der Waals surface area contributed by atoms with E-state index in [1.54, 1.807) is 12.1 Å². The molecule has 1 aliphatic rings. The average molecular weight is 289 g/mol. The molecule has 0 atom stereocenters. The lowest BCUT2D eigenvalue weighted by Crippen LogP contribution is -1.97. The fourth-order valence-electron chi connectivity index (χ4n) is 1.99. The van der Waals surface area contributed by atoms with Crippen molar-refractivity contribution in [2.75, 3.05) is 0 Å². The van der Waals surface area contributed by atoms with Gasteiger partial charge >= 0.3 is 5.97 Å². The van der Waals surface area contributed by atoms with Gasteiger partial charge in [-0.3, -0.25) is 0 Å². The Morgan fingerprint density at radius 2 is 2.00 bits per heavy atom. The zero-order chi connectivity index (χ0) is 14.1. The van der Waals surface area contributed by atoms with Crippen LogP contribution in [0, 0.1) is 0 Å². The minimum atomic E-state index is -0.965. The van der Waals surface area contributed by atoms with Crippen LogP contribution in [0.5, 0.6) is 5.75 Å². The van der Waals surface area contributed by atoms with Crippen LogP contribution < -0.4 is 4.74 Å². The SMILES string of the molecule is O=C(O)c1ccc(Cl)c(-c2cccc(OC3CC3)c2)c1. The van der Waals surface area contributed by atoms with Gasteiger partial charge in [-0.15, -0.1) is 0 Å². The Balaban J connectivity index is 1.98. The number of hydrogen-bond acceptors (Lipinski definition) is 2. The van der Waals surface area contributed by atoms with Gasteiger partial charge < -0.3 is 9.84 Å². The molecule has 0 aromatic heterocycles. The van der Waals surface area contributed by atoms with Crippen molar-refractivity contribution in [2.24, 2.45) is 0 Å². The zero-order valence-electron chi connectivity index (χ0n) is 10.7. The molecule has 0 radical (unpaired) electrons. The molecular weight excluding hydrogens is 276 g/mol. The predicted octanol–water partition coefficient (Wildman–Crippen LogP) is 4.25. The molecule has 3 rings (SSSR count). The van der Waals surface area contributed by atoms with E-state index < -0.39 is 5.97 Å². The monoisotopic (exact) mass is 288 g/mol. The van der Waals surface area contributed by atoms with Gasteiger partial charge in [-0.05, 0) is 48.7 Å². The van der Waals surface area contributed by atoms with Crippen molar-refractivity contribution in [2.45, 2.75) is 18.9 Å². The molecule has 2 aromatic carbocycles. The Morgan fingerprint density at radius 3 is 2.70 bits per heavy atom. The fraction of sp³-hybridized carbons (Fsp3) is 0.188. The Hall–Kier alpha value is -2.00. The van der Waals surface area contributed by atoms with Crippen LogP contribution in [0.4, 0.5) is 0 Å². The summed E-state index contributed by atoms with van der Waals surface area (Å²) < 4.78 is 5.75. The molecular formula is C16H13ClO3. The molecule has 1 N–H and O–H groups in total. The topological polar surface area (TPSA) is 46.5 Å². The van der Waals surface area contributed by atoms with E-state index in [-0.39, 0.29) is 5.56 Å². The van der Waals surface area contributed by atoms with Gasteiger partial charge in [0.2, 0.25) is 0 Å². The maximum atomic E-state index is 11.0. The number of aromatic carboxylic acids is 1. The van der Waals surface area contributed by atoms with E-state index >= 15 is 0 Å². The predicted molar refractivity (Wildman–Crippen MR) is 77.5 cm³/mol. The summed E-state index contributed by atoms with van der Waals surface area (Å²) in [5, 5.41) is 9.59. The number of carboxylic acid groups (broad SMARTS) is 1. The first-order valence-electron chi connectivity index (χ1n) is 6.43. The largest absolute Gasteiger partial charge is 0.490 e. The zero-order valence-corrected chi connectivity index (χ0v) is 11.4. The van der Waals surface area contributed by atoms with Crippen molar-refractivity contribution < 1.29 is 14.6 Å². The van der Waals surface area contributed by atoms with Gasteiger partial charge in [-0.2, -0.15) is 0 Å². The van der Waals surface area contributed by atoms with Crippen LogP contribution in [-0.2, 0) is 0 Å². The molecule has 0 spiro atoms. The summed E-state index contributed by atoms with van der Waals surface area (Å²) in [6.07, 6.45) is 2.52. The smallest absolute Gasteiger partial charge is 0.335 e. The molecule has 0 saturated heterocycles. The highest BCUT2D eigenvalue weighted by Gasteiger charge is 2.23. The second kappa shape index (κ2) is 5.17. The molecule has 1 fully saturated rings. The first-order valence-corrected chi connectivity index (χ1v) is 6.81. The summed E-state index contributed by atoms with van der Waals surface area (Å²) in [6.45, 7) is 0. The highest BCUT2D eigenvalue weighted by Crippen LogP contribution is 2.33. The van der Waals surface area contributed by atoms with E-state index in [0.717, 1.165) is 24.2 Å². The van der Waals surface area contributed by atoms with Gasteiger partial charge in [0, 0.05) is 10.6 Å². The number of halogens is 1. The maximum absolute atomic E-state index is 11.0. The molecule has 102 valence electrons. The highest BCUT2D eigenvalue weighted by molar-refractivity contribution is 6.33. The second-order valence-corrected chi connectivity index (χ2v) is 5.25. The summed E-state index contributed by atoms with van der Waals surface area (Å²) >= 11 is 6.17. The van der Waals surface area contributed by atoms with Crippen molar-refractivity contribution in [1.29, 1.82) is 0 Å². The third-order valence-electron chi connectivity index (χ3n) is 3.19. The van der Waals surface area contributed by atoms with Gasteiger partial charge in [0.15, 0.2) is 0 Å². The molecule has 1 aliphatic carbocycles. The summed E-state index contributed by atoms with van der Waals surface area (Å²) in [6, 6.07) is 12.3. The van der Waals surface area contributed by atoms with Crippen LogP contribution in [-0.4, -0.2) is 17.2 Å². The van der Waals surface area contributed by atoms with Crippen molar-refractivity contribution in [3.8, 4) is 16.9 Å². The van der Waals surface area contributed by atoms with E-state index in [2.05, 4.69) is 0 Å². The van der Waals surface area contributed by atoms with Crippen LogP contribution in [0.2, 0.25) is 5.02 Å². The number of benzene rings is 2. The highest BCUT2D eigenvalue weighted by atomic mass is 35.5. The number of carbonyl (C=O) groups is 1. The van der Waals surface area contributed by atoms with Crippen LogP contribution in [0.15, 0.2) is 42.5 Å². The van der Waals surface area contributed by atoms with Crippen LogP contribution in [0.3, 0.4) is 0 Å². The number of hydrogen-bond donors (Lipinski definition) is 1. The molecule has 0 heterocycles. The summed E-state index contributed by atoms with van der Waals surface area (Å²) in [5.74, 6) is -0.171. The van der Waals surface area contributed by atoms with Gasteiger partial charge in [-0.1, -0.05) is 23.7 Å². The molecule has 0 unspecified atom stereocenters. The average Bonchev–Trinajstić information content (AvgIpc) is 3.23. The van der Waals surface area contributed by atoms with E-state index in [0.29, 0.717) is 16.7 Å². The lowest BCUT2D eigenvalue weighted by Gasteiger charge is -2.09. The minimum absolute atomic E-state index is 0.220. The second-order valence-electron chi connectivity index (χ2n) is 4.84. The Labute approximate surface area is 121 Å². The molecule has 20 heavy (non-hydrogen) atoms. The lowest BCUT2D eigenvalue weighted by atomic mass is 10.0. The van der Waals surface area contributed by atoms with E-state index in [9.17, 15) is 4.79 Å². The van der Waals surface area contributed by atoms with Crippen molar-refractivity contribution in [1.82, 2.24) is 0 Å². The third-order valence-corrected chi connectivity index (χ3v) is 3.52. The lowest BCUT2D eigenvalue weighted by molar-refractivity contribution is 0.0697. The Morgan fingerprint density at radius 1 is 1.20 bits per heavy atom. The van der Waals surface area contributed by atoms with Crippen LogP contribution in [0.1, 0.15) is 23.2 Å². The van der Waals surface area contributed by atoms with Crippen LogP contribution in [0.25, 0.3) is 11.1 Å².